The number of benzene rings is 1. The molecule has 1 aliphatic heterocycles. The normalized spacial score (nSPS) is 15.2. The van der Waals surface area contributed by atoms with Crippen LogP contribution in [0.1, 0.15) is 11.4 Å². The predicted molar refractivity (Wildman–Crippen MR) is 96.8 cm³/mol. The summed E-state index contributed by atoms with van der Waals surface area (Å²) < 4.78 is 33.1. The molecule has 2 heterocycles. The van der Waals surface area contributed by atoms with Gasteiger partial charge in [0.25, 0.3) is 10.0 Å². The number of morpholine rings is 1. The molecule has 0 spiro atoms. The van der Waals surface area contributed by atoms with Crippen LogP contribution < -0.4 is 9.62 Å². The van der Waals surface area contributed by atoms with E-state index >= 15 is 0 Å². The Morgan fingerprint density at radius 2 is 1.80 bits per heavy atom. The molecule has 0 aliphatic carbocycles. The molecule has 0 radical (unpaired) electrons. The zero-order valence-electron chi connectivity index (χ0n) is 14.0. The molecule has 0 unspecified atom stereocenters. The Hall–Kier alpha value is -1.90. The summed E-state index contributed by atoms with van der Waals surface area (Å²) in [5, 5.41) is 0.357. The first-order chi connectivity index (χ1) is 11.9. The highest BCUT2D eigenvalue weighted by Gasteiger charge is 2.21. The van der Waals surface area contributed by atoms with Crippen molar-refractivity contribution in [2.45, 2.75) is 18.7 Å². The summed E-state index contributed by atoms with van der Waals surface area (Å²) in [5.74, 6) is 0.587. The van der Waals surface area contributed by atoms with Gasteiger partial charge >= 0.3 is 0 Å². The number of anilines is 2. The highest BCUT2D eigenvalue weighted by Crippen LogP contribution is 2.25. The first-order valence-electron chi connectivity index (χ1n) is 7.83. The summed E-state index contributed by atoms with van der Waals surface area (Å²) in [4.78, 5) is 11.0. The van der Waals surface area contributed by atoms with Gasteiger partial charge in [-0.25, -0.2) is 18.4 Å². The van der Waals surface area contributed by atoms with Gasteiger partial charge in [-0.05, 0) is 32.0 Å². The summed E-state index contributed by atoms with van der Waals surface area (Å²) >= 11 is 5.89. The molecule has 134 valence electrons. The molecule has 1 fully saturated rings. The standard InChI is InChI=1S/C16H19ClN4O3S/c1-11-15(20-25(22,23)14-5-3-4-13(17)10-14)12(2)19-16(18-11)21-6-8-24-9-7-21/h3-5,10,20H,6-9H2,1-2H3. The fourth-order valence-electron chi connectivity index (χ4n) is 2.58. The zero-order valence-corrected chi connectivity index (χ0v) is 15.6. The number of hydrogen-bond donors (Lipinski definition) is 1. The van der Waals surface area contributed by atoms with Gasteiger partial charge in [0.15, 0.2) is 0 Å². The van der Waals surface area contributed by atoms with Gasteiger partial charge in [-0.1, -0.05) is 17.7 Å². The van der Waals surface area contributed by atoms with E-state index in [1.165, 1.54) is 12.1 Å². The lowest BCUT2D eigenvalue weighted by atomic mass is 10.3. The Labute approximate surface area is 152 Å². The third-order valence-corrected chi connectivity index (χ3v) is 5.48. The number of aromatic nitrogens is 2. The lowest BCUT2D eigenvalue weighted by molar-refractivity contribution is 0.122. The molecular formula is C16H19ClN4O3S. The number of rotatable bonds is 4. The maximum atomic E-state index is 12.6. The Balaban J connectivity index is 1.90. The predicted octanol–water partition coefficient (Wildman–Crippen LogP) is 2.38. The number of sulfonamides is 1. The van der Waals surface area contributed by atoms with Crippen LogP contribution in [0.3, 0.4) is 0 Å². The van der Waals surface area contributed by atoms with E-state index in [4.69, 9.17) is 16.3 Å². The highest BCUT2D eigenvalue weighted by atomic mass is 35.5. The third-order valence-electron chi connectivity index (χ3n) is 3.90. The molecule has 9 heteroatoms. The second-order valence-electron chi connectivity index (χ2n) is 5.73. The number of ether oxygens (including phenoxy) is 1. The molecule has 2 aromatic rings. The van der Waals surface area contributed by atoms with Crippen molar-refractivity contribution in [3.8, 4) is 0 Å². The van der Waals surface area contributed by atoms with Crippen molar-refractivity contribution in [1.29, 1.82) is 0 Å². The summed E-state index contributed by atoms with van der Waals surface area (Å²) in [7, 11) is -3.77. The summed E-state index contributed by atoms with van der Waals surface area (Å²) in [5.41, 5.74) is 1.52. The van der Waals surface area contributed by atoms with Gasteiger partial charge in [-0.15, -0.1) is 0 Å². The van der Waals surface area contributed by atoms with E-state index in [-0.39, 0.29) is 4.90 Å². The molecule has 0 bridgehead atoms. The smallest absolute Gasteiger partial charge is 0.262 e. The van der Waals surface area contributed by atoms with Crippen LogP contribution in [0.25, 0.3) is 0 Å². The van der Waals surface area contributed by atoms with Crippen molar-refractivity contribution in [2.75, 3.05) is 35.9 Å². The van der Waals surface area contributed by atoms with Crippen LogP contribution in [0, 0.1) is 13.8 Å². The number of nitrogens with zero attached hydrogens (tertiary/aromatic N) is 3. The van der Waals surface area contributed by atoms with Gasteiger partial charge in [0.05, 0.1) is 35.2 Å². The topological polar surface area (TPSA) is 84.4 Å². The van der Waals surface area contributed by atoms with Crippen molar-refractivity contribution in [1.82, 2.24) is 9.97 Å². The molecule has 0 amide bonds. The molecule has 3 rings (SSSR count). The quantitative estimate of drug-likeness (QED) is 0.873. The highest BCUT2D eigenvalue weighted by molar-refractivity contribution is 7.92. The minimum Gasteiger partial charge on any atom is -0.378 e. The lowest BCUT2D eigenvalue weighted by Gasteiger charge is -2.27. The minimum atomic E-state index is -3.77. The van der Waals surface area contributed by atoms with Crippen LogP contribution in [0.4, 0.5) is 11.6 Å². The average Bonchev–Trinajstić information content (AvgIpc) is 2.59. The number of halogens is 1. The van der Waals surface area contributed by atoms with Gasteiger partial charge in [-0.3, -0.25) is 4.72 Å². The SMILES string of the molecule is Cc1nc(N2CCOCC2)nc(C)c1NS(=O)(=O)c1cccc(Cl)c1. The first-order valence-corrected chi connectivity index (χ1v) is 9.69. The fourth-order valence-corrected chi connectivity index (χ4v) is 4.06. The number of nitrogens with one attached hydrogen (secondary N) is 1. The van der Waals surface area contributed by atoms with E-state index < -0.39 is 10.0 Å². The van der Waals surface area contributed by atoms with Crippen LogP contribution in [-0.4, -0.2) is 44.7 Å². The molecule has 1 aliphatic rings. The fraction of sp³-hybridized carbons (Fsp3) is 0.375. The van der Waals surface area contributed by atoms with E-state index in [2.05, 4.69) is 14.7 Å². The monoisotopic (exact) mass is 382 g/mol. The van der Waals surface area contributed by atoms with E-state index in [0.29, 0.717) is 54.3 Å². The molecule has 7 nitrogen and oxygen atoms in total. The van der Waals surface area contributed by atoms with Crippen molar-refractivity contribution in [3.63, 3.8) is 0 Å². The van der Waals surface area contributed by atoms with Crippen molar-refractivity contribution >= 4 is 33.3 Å². The molecule has 1 aromatic heterocycles. The Morgan fingerprint density at radius 1 is 1.16 bits per heavy atom. The van der Waals surface area contributed by atoms with Crippen LogP contribution >= 0.6 is 11.6 Å². The summed E-state index contributed by atoms with van der Waals surface area (Å²) in [6.45, 7) is 6.21. The zero-order chi connectivity index (χ0) is 18.0. The van der Waals surface area contributed by atoms with Crippen molar-refractivity contribution in [2.24, 2.45) is 0 Å². The molecule has 1 saturated heterocycles. The lowest BCUT2D eigenvalue weighted by Crippen LogP contribution is -2.37. The van der Waals surface area contributed by atoms with Gasteiger partial charge in [0, 0.05) is 18.1 Å². The Morgan fingerprint density at radius 3 is 2.40 bits per heavy atom. The second kappa shape index (κ2) is 7.15. The van der Waals surface area contributed by atoms with Crippen LogP contribution in [-0.2, 0) is 14.8 Å². The molecule has 0 atom stereocenters. The largest absolute Gasteiger partial charge is 0.378 e. The number of hydrogen-bond acceptors (Lipinski definition) is 6. The maximum absolute atomic E-state index is 12.6. The molecule has 0 saturated carbocycles. The third kappa shape index (κ3) is 4.02. The van der Waals surface area contributed by atoms with E-state index in [1.54, 1.807) is 26.0 Å². The van der Waals surface area contributed by atoms with Gasteiger partial charge in [-0.2, -0.15) is 0 Å². The molecule has 25 heavy (non-hydrogen) atoms. The maximum Gasteiger partial charge on any atom is 0.262 e. The van der Waals surface area contributed by atoms with Crippen molar-refractivity contribution in [3.05, 3.63) is 40.7 Å². The van der Waals surface area contributed by atoms with E-state index in [1.807, 2.05) is 4.90 Å². The van der Waals surface area contributed by atoms with Crippen LogP contribution in [0.2, 0.25) is 5.02 Å². The summed E-state index contributed by atoms with van der Waals surface area (Å²) in [6.07, 6.45) is 0. The average molecular weight is 383 g/mol. The van der Waals surface area contributed by atoms with Gasteiger partial charge in [0.2, 0.25) is 5.95 Å². The van der Waals surface area contributed by atoms with E-state index in [0.717, 1.165) is 0 Å². The van der Waals surface area contributed by atoms with Crippen LogP contribution in [0.15, 0.2) is 29.2 Å². The first kappa shape index (κ1) is 17.9. The second-order valence-corrected chi connectivity index (χ2v) is 7.85. The molecule has 1 aromatic carbocycles. The van der Waals surface area contributed by atoms with Crippen LogP contribution in [0.5, 0.6) is 0 Å². The molecular weight excluding hydrogens is 364 g/mol. The summed E-state index contributed by atoms with van der Waals surface area (Å²) in [6, 6.07) is 6.10. The van der Waals surface area contributed by atoms with Gasteiger partial charge < -0.3 is 9.64 Å². The molecule has 1 N–H and O–H groups in total. The Kier molecular flexibility index (Phi) is 5.12. The number of aryl methyl sites for hydroxylation is 2. The van der Waals surface area contributed by atoms with Gasteiger partial charge in [0.1, 0.15) is 0 Å². The Bertz CT molecular complexity index is 860. The van der Waals surface area contributed by atoms with E-state index in [9.17, 15) is 8.42 Å². The minimum absolute atomic E-state index is 0.0936. The van der Waals surface area contributed by atoms with Crippen molar-refractivity contribution < 1.29 is 13.2 Å².